The summed E-state index contributed by atoms with van der Waals surface area (Å²) < 4.78 is 0. The molecule has 1 aliphatic heterocycles. The average molecular weight is 279 g/mol. The number of nitrogens with one attached hydrogen (secondary N) is 1. The van der Waals surface area contributed by atoms with Crippen LogP contribution in [0.2, 0.25) is 0 Å². The van der Waals surface area contributed by atoms with Crippen molar-refractivity contribution in [3.63, 3.8) is 0 Å². The van der Waals surface area contributed by atoms with Crippen molar-refractivity contribution in [1.29, 1.82) is 0 Å². The lowest BCUT2D eigenvalue weighted by atomic mass is 9.65. The third-order valence-corrected chi connectivity index (χ3v) is 5.85. The molecule has 1 heterocycles. The average Bonchev–Trinajstić information content (AvgIpc) is 2.41. The van der Waals surface area contributed by atoms with Crippen molar-refractivity contribution in [2.75, 3.05) is 20.1 Å². The molecule has 0 aromatic carbocycles. The Morgan fingerprint density at radius 1 is 1.10 bits per heavy atom. The van der Waals surface area contributed by atoms with Gasteiger partial charge in [0.1, 0.15) is 0 Å². The van der Waals surface area contributed by atoms with E-state index in [4.69, 9.17) is 5.73 Å². The maximum Gasteiger partial charge on any atom is 0.223 e. The molecule has 0 spiro atoms. The molecule has 3 fully saturated rings. The zero-order valence-corrected chi connectivity index (χ0v) is 12.7. The van der Waals surface area contributed by atoms with Crippen LogP contribution in [-0.2, 0) is 4.79 Å². The molecule has 3 rings (SSSR count). The lowest BCUT2D eigenvalue weighted by Gasteiger charge is -2.44. The van der Waals surface area contributed by atoms with E-state index in [1.165, 1.54) is 19.3 Å². The first-order chi connectivity index (χ1) is 9.63. The molecular formula is C16H29N3O. The van der Waals surface area contributed by atoms with Crippen LogP contribution >= 0.6 is 0 Å². The van der Waals surface area contributed by atoms with Crippen LogP contribution in [-0.4, -0.2) is 43.0 Å². The van der Waals surface area contributed by atoms with Crippen LogP contribution in [0.5, 0.6) is 0 Å². The number of fused-ring (bicyclic) bond motifs is 2. The normalized spacial score (nSPS) is 39.5. The van der Waals surface area contributed by atoms with Gasteiger partial charge in [0.25, 0.3) is 0 Å². The predicted molar refractivity (Wildman–Crippen MR) is 80.2 cm³/mol. The molecule has 1 saturated heterocycles. The van der Waals surface area contributed by atoms with Gasteiger partial charge in [0.15, 0.2) is 0 Å². The maximum atomic E-state index is 12.5. The number of nitrogens with two attached hydrogens (primary N) is 1. The second-order valence-electron chi connectivity index (χ2n) is 7.28. The monoisotopic (exact) mass is 279 g/mol. The van der Waals surface area contributed by atoms with Gasteiger partial charge in [-0.2, -0.15) is 0 Å². The summed E-state index contributed by atoms with van der Waals surface area (Å²) >= 11 is 0. The number of likely N-dealkylation sites (tertiary alicyclic amines) is 1. The van der Waals surface area contributed by atoms with Crippen molar-refractivity contribution >= 4 is 5.91 Å². The quantitative estimate of drug-likeness (QED) is 0.802. The van der Waals surface area contributed by atoms with Gasteiger partial charge in [-0.25, -0.2) is 0 Å². The summed E-state index contributed by atoms with van der Waals surface area (Å²) in [6.45, 7) is 2.21. The fourth-order valence-electron chi connectivity index (χ4n) is 4.48. The summed E-state index contributed by atoms with van der Waals surface area (Å²) in [5.41, 5.74) is 6.31. The number of carbonyl (C=O) groups excluding carboxylic acids is 1. The minimum absolute atomic E-state index is 0.227. The van der Waals surface area contributed by atoms with Gasteiger partial charge in [-0.1, -0.05) is 6.42 Å². The van der Waals surface area contributed by atoms with E-state index in [9.17, 15) is 4.79 Å². The van der Waals surface area contributed by atoms with E-state index in [1.807, 2.05) is 0 Å². The van der Waals surface area contributed by atoms with Crippen molar-refractivity contribution < 1.29 is 4.79 Å². The highest BCUT2D eigenvalue weighted by Gasteiger charge is 2.40. The highest BCUT2D eigenvalue weighted by molar-refractivity contribution is 5.79. The SMILES string of the molecule is CN1CCC(NC(=O)C2CC3CCCC(C2)C3N)CC1. The van der Waals surface area contributed by atoms with Gasteiger partial charge >= 0.3 is 0 Å². The molecule has 2 bridgehead atoms. The zero-order valence-electron chi connectivity index (χ0n) is 12.7. The molecule has 2 saturated carbocycles. The highest BCUT2D eigenvalue weighted by atomic mass is 16.1. The minimum Gasteiger partial charge on any atom is -0.353 e. The van der Waals surface area contributed by atoms with E-state index >= 15 is 0 Å². The summed E-state index contributed by atoms with van der Waals surface area (Å²) in [6, 6.07) is 0.755. The topological polar surface area (TPSA) is 58.4 Å². The lowest BCUT2D eigenvalue weighted by Crippen LogP contribution is -2.51. The van der Waals surface area contributed by atoms with Gasteiger partial charge in [-0.3, -0.25) is 4.79 Å². The summed E-state index contributed by atoms with van der Waals surface area (Å²) in [6.07, 6.45) is 8.02. The van der Waals surface area contributed by atoms with E-state index in [-0.39, 0.29) is 5.92 Å². The zero-order chi connectivity index (χ0) is 14.1. The molecule has 20 heavy (non-hydrogen) atoms. The second kappa shape index (κ2) is 6.02. The minimum atomic E-state index is 0.227. The fourth-order valence-corrected chi connectivity index (χ4v) is 4.48. The van der Waals surface area contributed by atoms with Gasteiger partial charge < -0.3 is 16.0 Å². The van der Waals surface area contributed by atoms with Crippen molar-refractivity contribution in [2.24, 2.45) is 23.5 Å². The molecule has 2 atom stereocenters. The Hall–Kier alpha value is -0.610. The summed E-state index contributed by atoms with van der Waals surface area (Å²) in [5.74, 6) is 1.72. The molecule has 4 heteroatoms. The van der Waals surface area contributed by atoms with Gasteiger partial charge in [-0.05, 0) is 70.5 Å². The fraction of sp³-hybridized carbons (Fsp3) is 0.938. The molecule has 114 valence electrons. The summed E-state index contributed by atoms with van der Waals surface area (Å²) in [5, 5.41) is 3.31. The molecule has 3 aliphatic rings. The predicted octanol–water partition coefficient (Wildman–Crippen LogP) is 1.35. The number of hydrogen-bond acceptors (Lipinski definition) is 3. The van der Waals surface area contributed by atoms with Crippen LogP contribution in [0, 0.1) is 17.8 Å². The molecule has 0 aromatic heterocycles. The van der Waals surface area contributed by atoms with E-state index in [2.05, 4.69) is 17.3 Å². The van der Waals surface area contributed by atoms with Crippen LogP contribution in [0.15, 0.2) is 0 Å². The van der Waals surface area contributed by atoms with Crippen LogP contribution in [0.3, 0.4) is 0 Å². The van der Waals surface area contributed by atoms with Gasteiger partial charge in [0.05, 0.1) is 0 Å². The third-order valence-electron chi connectivity index (χ3n) is 5.85. The Bertz CT molecular complexity index is 338. The van der Waals surface area contributed by atoms with E-state index in [0.717, 1.165) is 38.8 Å². The van der Waals surface area contributed by atoms with E-state index < -0.39 is 0 Å². The Labute approximate surface area is 122 Å². The van der Waals surface area contributed by atoms with E-state index in [1.54, 1.807) is 0 Å². The Morgan fingerprint density at radius 2 is 1.70 bits per heavy atom. The maximum absolute atomic E-state index is 12.5. The molecular weight excluding hydrogens is 250 g/mol. The first-order valence-electron chi connectivity index (χ1n) is 8.38. The first-order valence-corrected chi connectivity index (χ1v) is 8.38. The molecule has 1 amide bonds. The molecule has 0 aromatic rings. The molecule has 3 N–H and O–H groups in total. The smallest absolute Gasteiger partial charge is 0.223 e. The van der Waals surface area contributed by atoms with Crippen molar-refractivity contribution in [2.45, 2.75) is 57.0 Å². The molecule has 4 nitrogen and oxygen atoms in total. The van der Waals surface area contributed by atoms with E-state index in [0.29, 0.717) is 29.8 Å². The van der Waals surface area contributed by atoms with Crippen LogP contribution in [0.1, 0.15) is 44.9 Å². The van der Waals surface area contributed by atoms with Crippen molar-refractivity contribution in [1.82, 2.24) is 10.2 Å². The number of nitrogens with zero attached hydrogens (tertiary/aromatic N) is 1. The second-order valence-corrected chi connectivity index (χ2v) is 7.28. The number of rotatable bonds is 2. The summed E-state index contributed by atoms with van der Waals surface area (Å²) in [4.78, 5) is 14.9. The highest BCUT2D eigenvalue weighted by Crippen LogP contribution is 2.41. The molecule has 0 radical (unpaired) electrons. The number of piperidine rings is 1. The standard InChI is InChI=1S/C16H29N3O/c1-19-7-5-14(6-8-19)18-16(20)13-9-11-3-2-4-12(10-13)15(11)17/h11-15H,2-10,17H2,1H3,(H,18,20). The number of hydrogen-bond donors (Lipinski definition) is 2. The van der Waals surface area contributed by atoms with Gasteiger partial charge in [-0.15, -0.1) is 0 Å². The summed E-state index contributed by atoms with van der Waals surface area (Å²) in [7, 11) is 2.15. The van der Waals surface area contributed by atoms with Crippen LogP contribution in [0.4, 0.5) is 0 Å². The largest absolute Gasteiger partial charge is 0.353 e. The van der Waals surface area contributed by atoms with Crippen molar-refractivity contribution in [3.05, 3.63) is 0 Å². The number of carbonyl (C=O) groups is 1. The number of amides is 1. The van der Waals surface area contributed by atoms with Crippen LogP contribution in [0.25, 0.3) is 0 Å². The van der Waals surface area contributed by atoms with Crippen molar-refractivity contribution in [3.8, 4) is 0 Å². The lowest BCUT2D eigenvalue weighted by molar-refractivity contribution is -0.128. The third kappa shape index (κ3) is 3.01. The first kappa shape index (κ1) is 14.3. The van der Waals surface area contributed by atoms with Crippen LogP contribution < -0.4 is 11.1 Å². The van der Waals surface area contributed by atoms with Gasteiger partial charge in [0, 0.05) is 18.0 Å². The van der Waals surface area contributed by atoms with Gasteiger partial charge in [0.2, 0.25) is 5.91 Å². The molecule has 2 aliphatic carbocycles. The molecule has 2 unspecified atom stereocenters. The Balaban J connectivity index is 1.53. The Kier molecular flexibility index (Phi) is 4.32. The Morgan fingerprint density at radius 3 is 2.30 bits per heavy atom.